The zero-order valence-electron chi connectivity index (χ0n) is 7.50. The van der Waals surface area contributed by atoms with Crippen LogP contribution in [0.1, 0.15) is 17.2 Å². The van der Waals surface area contributed by atoms with E-state index in [0.717, 1.165) is 23.1 Å². The Bertz CT molecular complexity index is 327. The Morgan fingerprint density at radius 3 is 3.08 bits per heavy atom. The molecule has 0 saturated carbocycles. The first kappa shape index (κ1) is 9.19. The summed E-state index contributed by atoms with van der Waals surface area (Å²) in [4.78, 5) is 2.13. The third kappa shape index (κ3) is 1.77. The SMILES string of the molecule is CN1Cc2ccc(Br)cc2[C@H](O)C1. The maximum absolute atomic E-state index is 9.79. The van der Waals surface area contributed by atoms with Gasteiger partial charge >= 0.3 is 0 Å². The fraction of sp³-hybridized carbons (Fsp3) is 0.400. The molecule has 1 aliphatic rings. The van der Waals surface area contributed by atoms with Crippen molar-refractivity contribution in [2.75, 3.05) is 13.6 Å². The molecule has 0 spiro atoms. The van der Waals surface area contributed by atoms with Gasteiger partial charge in [-0.05, 0) is 30.3 Å². The molecule has 0 saturated heterocycles. The molecule has 1 aliphatic heterocycles. The number of halogens is 1. The van der Waals surface area contributed by atoms with Crippen LogP contribution in [0, 0.1) is 0 Å². The van der Waals surface area contributed by atoms with Crippen LogP contribution in [0.4, 0.5) is 0 Å². The van der Waals surface area contributed by atoms with Crippen molar-refractivity contribution in [3.8, 4) is 0 Å². The van der Waals surface area contributed by atoms with Crippen molar-refractivity contribution in [1.82, 2.24) is 4.90 Å². The molecular weight excluding hydrogens is 230 g/mol. The van der Waals surface area contributed by atoms with E-state index in [1.54, 1.807) is 0 Å². The molecule has 2 rings (SSSR count). The Labute approximate surface area is 86.3 Å². The summed E-state index contributed by atoms with van der Waals surface area (Å²) < 4.78 is 1.04. The first-order chi connectivity index (χ1) is 6.16. The van der Waals surface area contributed by atoms with E-state index in [0.29, 0.717) is 0 Å². The van der Waals surface area contributed by atoms with Crippen LogP contribution in [0.5, 0.6) is 0 Å². The van der Waals surface area contributed by atoms with Gasteiger partial charge in [0.1, 0.15) is 0 Å². The highest BCUT2D eigenvalue weighted by Crippen LogP contribution is 2.28. The van der Waals surface area contributed by atoms with Crippen molar-refractivity contribution in [2.45, 2.75) is 12.6 Å². The van der Waals surface area contributed by atoms with Crippen molar-refractivity contribution in [3.05, 3.63) is 33.8 Å². The number of benzene rings is 1. The molecule has 0 aromatic heterocycles. The van der Waals surface area contributed by atoms with Gasteiger partial charge in [-0.15, -0.1) is 0 Å². The quantitative estimate of drug-likeness (QED) is 0.751. The number of fused-ring (bicyclic) bond motifs is 1. The van der Waals surface area contributed by atoms with Gasteiger partial charge in [-0.25, -0.2) is 0 Å². The van der Waals surface area contributed by atoms with Crippen LogP contribution >= 0.6 is 15.9 Å². The summed E-state index contributed by atoms with van der Waals surface area (Å²) in [5.74, 6) is 0. The number of hydrogen-bond donors (Lipinski definition) is 1. The lowest BCUT2D eigenvalue weighted by Crippen LogP contribution is -2.30. The lowest BCUT2D eigenvalue weighted by Gasteiger charge is -2.29. The monoisotopic (exact) mass is 241 g/mol. The number of nitrogens with zero attached hydrogens (tertiary/aromatic N) is 1. The Balaban J connectivity index is 2.43. The number of rotatable bonds is 0. The van der Waals surface area contributed by atoms with Crippen LogP contribution in [0.3, 0.4) is 0 Å². The van der Waals surface area contributed by atoms with E-state index in [1.807, 2.05) is 19.2 Å². The molecule has 3 heteroatoms. The molecule has 1 aromatic rings. The molecule has 1 heterocycles. The molecule has 0 aliphatic carbocycles. The second kappa shape index (κ2) is 3.40. The third-order valence-corrected chi connectivity index (χ3v) is 2.89. The second-order valence-electron chi connectivity index (χ2n) is 3.56. The van der Waals surface area contributed by atoms with Gasteiger partial charge in [0.05, 0.1) is 6.10 Å². The summed E-state index contributed by atoms with van der Waals surface area (Å²) in [5.41, 5.74) is 2.29. The molecule has 1 N–H and O–H groups in total. The molecule has 1 atom stereocenters. The van der Waals surface area contributed by atoms with E-state index < -0.39 is 0 Å². The Hall–Kier alpha value is -0.380. The van der Waals surface area contributed by atoms with Crippen molar-refractivity contribution >= 4 is 15.9 Å². The normalized spacial score (nSPS) is 22.8. The molecule has 1 aromatic carbocycles. The van der Waals surface area contributed by atoms with Gasteiger partial charge in [0.15, 0.2) is 0 Å². The van der Waals surface area contributed by atoms with E-state index >= 15 is 0 Å². The molecule has 0 unspecified atom stereocenters. The van der Waals surface area contributed by atoms with E-state index in [2.05, 4.69) is 26.9 Å². The summed E-state index contributed by atoms with van der Waals surface area (Å²) in [5, 5.41) is 9.79. The molecular formula is C10H12BrNO. The predicted molar refractivity (Wildman–Crippen MR) is 55.4 cm³/mol. The number of hydrogen-bond acceptors (Lipinski definition) is 2. The smallest absolute Gasteiger partial charge is 0.0920 e. The fourth-order valence-electron chi connectivity index (χ4n) is 1.77. The highest BCUT2D eigenvalue weighted by molar-refractivity contribution is 9.10. The van der Waals surface area contributed by atoms with Gasteiger partial charge < -0.3 is 5.11 Å². The Morgan fingerprint density at radius 2 is 2.31 bits per heavy atom. The maximum Gasteiger partial charge on any atom is 0.0920 e. The number of β-amino-alcohol motifs (C(OH)–C–C–N with tert-alkyl or cyclic N) is 1. The van der Waals surface area contributed by atoms with Gasteiger partial charge in [-0.3, -0.25) is 4.90 Å². The van der Waals surface area contributed by atoms with E-state index in [9.17, 15) is 5.11 Å². The summed E-state index contributed by atoms with van der Waals surface area (Å²) in [6, 6.07) is 6.09. The fourth-order valence-corrected chi connectivity index (χ4v) is 2.15. The minimum Gasteiger partial charge on any atom is -0.387 e. The van der Waals surface area contributed by atoms with Crippen molar-refractivity contribution in [3.63, 3.8) is 0 Å². The van der Waals surface area contributed by atoms with Crippen molar-refractivity contribution in [1.29, 1.82) is 0 Å². The maximum atomic E-state index is 9.79. The minimum atomic E-state index is -0.341. The average molecular weight is 242 g/mol. The lowest BCUT2D eigenvalue weighted by atomic mass is 9.98. The van der Waals surface area contributed by atoms with E-state index in [1.165, 1.54) is 5.56 Å². The van der Waals surface area contributed by atoms with Crippen LogP contribution < -0.4 is 0 Å². The highest BCUT2D eigenvalue weighted by atomic mass is 79.9. The second-order valence-corrected chi connectivity index (χ2v) is 4.47. The minimum absolute atomic E-state index is 0.341. The average Bonchev–Trinajstić information content (AvgIpc) is 2.06. The van der Waals surface area contributed by atoms with Crippen molar-refractivity contribution < 1.29 is 5.11 Å². The van der Waals surface area contributed by atoms with Crippen LogP contribution in [-0.4, -0.2) is 23.6 Å². The first-order valence-corrected chi connectivity index (χ1v) is 5.11. The highest BCUT2D eigenvalue weighted by Gasteiger charge is 2.20. The third-order valence-electron chi connectivity index (χ3n) is 2.39. The largest absolute Gasteiger partial charge is 0.387 e. The molecule has 0 amide bonds. The van der Waals surface area contributed by atoms with E-state index in [-0.39, 0.29) is 6.10 Å². The number of aliphatic hydroxyl groups is 1. The lowest BCUT2D eigenvalue weighted by molar-refractivity contribution is 0.108. The summed E-state index contributed by atoms with van der Waals surface area (Å²) in [7, 11) is 2.02. The van der Waals surface area contributed by atoms with E-state index in [4.69, 9.17) is 0 Å². The summed E-state index contributed by atoms with van der Waals surface area (Å²) >= 11 is 3.41. The van der Waals surface area contributed by atoms with Gasteiger partial charge in [0.2, 0.25) is 0 Å². The first-order valence-electron chi connectivity index (χ1n) is 4.32. The van der Waals surface area contributed by atoms with Gasteiger partial charge in [-0.2, -0.15) is 0 Å². The molecule has 13 heavy (non-hydrogen) atoms. The van der Waals surface area contributed by atoms with Crippen molar-refractivity contribution in [2.24, 2.45) is 0 Å². The van der Waals surface area contributed by atoms with Crippen LogP contribution in [-0.2, 0) is 6.54 Å². The Morgan fingerprint density at radius 1 is 1.54 bits per heavy atom. The summed E-state index contributed by atoms with van der Waals surface area (Å²) in [6.45, 7) is 1.66. The topological polar surface area (TPSA) is 23.5 Å². The number of likely N-dealkylation sites (N-methyl/N-ethyl adjacent to an activating group) is 1. The molecule has 0 fully saturated rings. The van der Waals surface area contributed by atoms with Crippen LogP contribution in [0.15, 0.2) is 22.7 Å². The van der Waals surface area contributed by atoms with Gasteiger partial charge in [0.25, 0.3) is 0 Å². The molecule has 2 nitrogen and oxygen atoms in total. The molecule has 70 valence electrons. The standard InChI is InChI=1S/C10H12BrNO/c1-12-5-7-2-3-8(11)4-9(7)10(13)6-12/h2-4,10,13H,5-6H2,1H3/t10-/m1/s1. The molecule has 0 bridgehead atoms. The zero-order chi connectivity index (χ0) is 9.42. The zero-order valence-corrected chi connectivity index (χ0v) is 9.08. The Kier molecular flexibility index (Phi) is 2.41. The summed E-state index contributed by atoms with van der Waals surface area (Å²) in [6.07, 6.45) is -0.341. The van der Waals surface area contributed by atoms with Crippen LogP contribution in [0.2, 0.25) is 0 Å². The van der Waals surface area contributed by atoms with Gasteiger partial charge in [-0.1, -0.05) is 22.0 Å². The van der Waals surface area contributed by atoms with Crippen LogP contribution in [0.25, 0.3) is 0 Å². The number of aliphatic hydroxyl groups excluding tert-OH is 1. The predicted octanol–water partition coefficient (Wildman–Crippen LogP) is 1.93. The molecule has 0 radical (unpaired) electrons. The van der Waals surface area contributed by atoms with Gasteiger partial charge in [0, 0.05) is 17.6 Å².